The normalized spacial score (nSPS) is 10.3. The van der Waals surface area contributed by atoms with Crippen molar-refractivity contribution in [2.24, 2.45) is 0 Å². The number of carbonyl (C=O) groups is 1. The van der Waals surface area contributed by atoms with Crippen molar-refractivity contribution in [2.75, 3.05) is 7.11 Å². The fraction of sp³-hybridized carbons (Fsp3) is 0.111. The number of hydrogen-bond acceptors (Lipinski definition) is 4. The van der Waals surface area contributed by atoms with Crippen molar-refractivity contribution < 1.29 is 19.4 Å². The summed E-state index contributed by atoms with van der Waals surface area (Å²) in [6.07, 6.45) is 2.53. The minimum atomic E-state index is -1.02. The lowest BCUT2D eigenvalue weighted by molar-refractivity contribution is -0.131. The Morgan fingerprint density at radius 1 is 1.26 bits per heavy atom. The summed E-state index contributed by atoms with van der Waals surface area (Å²) in [4.78, 5) is 10.5. The Kier molecular flexibility index (Phi) is 5.37. The zero-order valence-corrected chi connectivity index (χ0v) is 12.5. The van der Waals surface area contributed by atoms with Crippen LogP contribution in [0.2, 0.25) is 0 Å². The topological polar surface area (TPSA) is 79.6 Å². The van der Waals surface area contributed by atoms with Gasteiger partial charge in [-0.15, -0.1) is 0 Å². The van der Waals surface area contributed by atoms with E-state index in [9.17, 15) is 4.79 Å². The van der Waals surface area contributed by atoms with Gasteiger partial charge in [0.2, 0.25) is 0 Å². The molecule has 0 saturated carbocycles. The molecule has 0 heterocycles. The average Bonchev–Trinajstić information content (AvgIpc) is 2.58. The number of ether oxygens (including phenoxy) is 2. The fourth-order valence-electron chi connectivity index (χ4n) is 1.99. The number of rotatable bonds is 6. The Morgan fingerprint density at radius 2 is 2.04 bits per heavy atom. The number of carboxylic acid groups (broad SMARTS) is 1. The van der Waals surface area contributed by atoms with Gasteiger partial charge in [-0.2, -0.15) is 5.26 Å². The van der Waals surface area contributed by atoms with E-state index >= 15 is 0 Å². The van der Waals surface area contributed by atoms with E-state index in [0.29, 0.717) is 22.6 Å². The van der Waals surface area contributed by atoms with Crippen LogP contribution in [0.4, 0.5) is 0 Å². The molecular weight excluding hydrogens is 294 g/mol. The third kappa shape index (κ3) is 4.35. The smallest absolute Gasteiger partial charge is 0.328 e. The van der Waals surface area contributed by atoms with Crippen LogP contribution in [-0.2, 0) is 11.4 Å². The minimum absolute atomic E-state index is 0.240. The van der Waals surface area contributed by atoms with Gasteiger partial charge in [0.05, 0.1) is 18.7 Å². The molecule has 0 atom stereocenters. The molecule has 116 valence electrons. The van der Waals surface area contributed by atoms with Crippen LogP contribution in [0.25, 0.3) is 6.08 Å². The molecule has 2 aromatic rings. The molecule has 0 saturated heterocycles. The predicted molar refractivity (Wildman–Crippen MR) is 85.2 cm³/mol. The second-order valence-electron chi connectivity index (χ2n) is 4.64. The maximum atomic E-state index is 10.5. The van der Waals surface area contributed by atoms with Crippen LogP contribution >= 0.6 is 0 Å². The van der Waals surface area contributed by atoms with E-state index in [0.717, 1.165) is 11.6 Å². The van der Waals surface area contributed by atoms with Gasteiger partial charge in [0.15, 0.2) is 11.5 Å². The number of benzene rings is 2. The summed E-state index contributed by atoms with van der Waals surface area (Å²) < 4.78 is 11.0. The molecule has 0 bridgehead atoms. The number of hydrogen-bond donors (Lipinski definition) is 1. The van der Waals surface area contributed by atoms with Gasteiger partial charge in [0.25, 0.3) is 0 Å². The van der Waals surface area contributed by atoms with Crippen LogP contribution in [0.5, 0.6) is 11.5 Å². The van der Waals surface area contributed by atoms with Crippen LogP contribution in [0.3, 0.4) is 0 Å². The summed E-state index contributed by atoms with van der Waals surface area (Å²) in [5.41, 5.74) is 2.04. The Labute approximate surface area is 134 Å². The molecule has 2 rings (SSSR count). The molecule has 0 aromatic heterocycles. The Bertz CT molecular complexity index is 775. The molecule has 2 aromatic carbocycles. The van der Waals surface area contributed by atoms with Gasteiger partial charge in [0.1, 0.15) is 6.61 Å². The van der Waals surface area contributed by atoms with Crippen molar-refractivity contribution in [1.29, 1.82) is 5.26 Å². The Balaban J connectivity index is 2.17. The van der Waals surface area contributed by atoms with E-state index in [1.807, 2.05) is 12.1 Å². The summed E-state index contributed by atoms with van der Waals surface area (Å²) in [5.74, 6) is -0.00269. The van der Waals surface area contributed by atoms with E-state index in [1.54, 1.807) is 30.3 Å². The van der Waals surface area contributed by atoms with Crippen LogP contribution in [0.1, 0.15) is 16.7 Å². The zero-order chi connectivity index (χ0) is 16.7. The highest BCUT2D eigenvalue weighted by Gasteiger charge is 2.07. The molecule has 5 heteroatoms. The third-order valence-electron chi connectivity index (χ3n) is 3.13. The molecule has 0 aliphatic carbocycles. The first-order valence-corrected chi connectivity index (χ1v) is 6.84. The van der Waals surface area contributed by atoms with Crippen molar-refractivity contribution in [3.8, 4) is 17.6 Å². The van der Waals surface area contributed by atoms with Crippen LogP contribution in [0, 0.1) is 11.3 Å². The lowest BCUT2D eigenvalue weighted by Gasteiger charge is -2.12. The maximum absolute atomic E-state index is 10.5. The van der Waals surface area contributed by atoms with Gasteiger partial charge in [-0.25, -0.2) is 4.79 Å². The largest absolute Gasteiger partial charge is 0.493 e. The van der Waals surface area contributed by atoms with E-state index in [1.165, 1.54) is 13.2 Å². The van der Waals surface area contributed by atoms with Crippen LogP contribution < -0.4 is 9.47 Å². The van der Waals surface area contributed by atoms with Gasteiger partial charge in [0, 0.05) is 11.6 Å². The summed E-state index contributed by atoms with van der Waals surface area (Å²) in [6.45, 7) is 0.240. The number of methoxy groups -OCH3 is 1. The lowest BCUT2D eigenvalue weighted by atomic mass is 10.1. The first kappa shape index (κ1) is 16.1. The van der Waals surface area contributed by atoms with Gasteiger partial charge in [-0.1, -0.05) is 24.3 Å². The molecule has 0 aliphatic heterocycles. The monoisotopic (exact) mass is 309 g/mol. The van der Waals surface area contributed by atoms with Crippen molar-refractivity contribution in [3.05, 3.63) is 65.2 Å². The van der Waals surface area contributed by atoms with Crippen LogP contribution in [0.15, 0.2) is 48.5 Å². The number of aliphatic carboxylic acids is 1. The lowest BCUT2D eigenvalue weighted by Crippen LogP contribution is -2.00. The molecule has 1 N–H and O–H groups in total. The van der Waals surface area contributed by atoms with Gasteiger partial charge in [-0.05, 0) is 29.8 Å². The molecule has 0 radical (unpaired) electrons. The second-order valence-corrected chi connectivity index (χ2v) is 4.64. The molecular formula is C18H15NO4. The van der Waals surface area contributed by atoms with E-state index in [4.69, 9.17) is 19.8 Å². The van der Waals surface area contributed by atoms with E-state index in [2.05, 4.69) is 6.07 Å². The highest BCUT2D eigenvalue weighted by molar-refractivity contribution is 5.85. The number of nitriles is 1. The summed E-state index contributed by atoms with van der Waals surface area (Å²) in [5, 5.41) is 17.7. The number of carboxylic acids is 1. The third-order valence-corrected chi connectivity index (χ3v) is 3.13. The minimum Gasteiger partial charge on any atom is -0.493 e. The van der Waals surface area contributed by atoms with E-state index < -0.39 is 5.97 Å². The number of nitrogens with zero attached hydrogens (tertiary/aromatic N) is 1. The molecule has 0 amide bonds. The first-order valence-electron chi connectivity index (χ1n) is 6.84. The quantitative estimate of drug-likeness (QED) is 0.829. The first-order chi connectivity index (χ1) is 11.1. The van der Waals surface area contributed by atoms with Crippen molar-refractivity contribution in [1.82, 2.24) is 0 Å². The van der Waals surface area contributed by atoms with Crippen molar-refractivity contribution >= 4 is 12.0 Å². The molecule has 0 spiro atoms. The van der Waals surface area contributed by atoms with Crippen LogP contribution in [-0.4, -0.2) is 18.2 Å². The fourth-order valence-corrected chi connectivity index (χ4v) is 1.99. The SMILES string of the molecule is COc1cc(/C=C/C(=O)O)ccc1OCc1ccccc1C#N. The molecule has 0 unspecified atom stereocenters. The molecule has 0 aliphatic rings. The average molecular weight is 309 g/mol. The zero-order valence-electron chi connectivity index (χ0n) is 12.5. The highest BCUT2D eigenvalue weighted by Crippen LogP contribution is 2.29. The van der Waals surface area contributed by atoms with E-state index in [-0.39, 0.29) is 6.61 Å². The highest BCUT2D eigenvalue weighted by atomic mass is 16.5. The Hall–Kier alpha value is -3.26. The Morgan fingerprint density at radius 3 is 2.74 bits per heavy atom. The maximum Gasteiger partial charge on any atom is 0.328 e. The molecule has 23 heavy (non-hydrogen) atoms. The van der Waals surface area contributed by atoms with Gasteiger partial charge >= 0.3 is 5.97 Å². The van der Waals surface area contributed by atoms with Gasteiger partial charge < -0.3 is 14.6 Å². The van der Waals surface area contributed by atoms with Crippen molar-refractivity contribution in [2.45, 2.75) is 6.61 Å². The standard InChI is InChI=1S/C18H15NO4/c1-22-17-10-13(7-9-18(20)21)6-8-16(17)23-12-15-5-3-2-4-14(15)11-19/h2-10H,12H2,1H3,(H,20,21)/b9-7+. The second kappa shape index (κ2) is 7.66. The van der Waals surface area contributed by atoms with Crippen molar-refractivity contribution in [3.63, 3.8) is 0 Å². The predicted octanol–water partition coefficient (Wildman–Crippen LogP) is 3.24. The molecule has 5 nitrogen and oxygen atoms in total. The summed E-state index contributed by atoms with van der Waals surface area (Å²) in [7, 11) is 1.51. The van der Waals surface area contributed by atoms with Gasteiger partial charge in [-0.3, -0.25) is 0 Å². The summed E-state index contributed by atoms with van der Waals surface area (Å²) >= 11 is 0. The molecule has 0 fully saturated rings. The summed E-state index contributed by atoms with van der Waals surface area (Å²) in [6, 6.07) is 14.4.